The highest BCUT2D eigenvalue weighted by molar-refractivity contribution is 5.80. The second-order valence-electron chi connectivity index (χ2n) is 2.77. The molecule has 0 atom stereocenters. The first-order valence-electron chi connectivity index (χ1n) is 3.96. The van der Waals surface area contributed by atoms with E-state index in [2.05, 4.69) is 4.74 Å². The zero-order valence-corrected chi connectivity index (χ0v) is 7.12. The van der Waals surface area contributed by atoms with Crippen molar-refractivity contribution in [3.05, 3.63) is 35.8 Å². The highest BCUT2D eigenvalue weighted by atomic mass is 19.1. The molecule has 2 rings (SSSR count). The van der Waals surface area contributed by atoms with Gasteiger partial charge in [0.25, 0.3) is 0 Å². The van der Waals surface area contributed by atoms with Crippen LogP contribution in [0.1, 0.15) is 5.56 Å². The first-order valence-corrected chi connectivity index (χ1v) is 3.96. The fourth-order valence-electron chi connectivity index (χ4n) is 1.27. The van der Waals surface area contributed by atoms with Crippen LogP contribution >= 0.6 is 0 Å². The van der Waals surface area contributed by atoms with Gasteiger partial charge in [0.15, 0.2) is 0 Å². The number of carbonyl (C=O) groups excluding carboxylic acids is 1. The summed E-state index contributed by atoms with van der Waals surface area (Å²) < 4.78 is 22.4. The van der Waals surface area contributed by atoms with Crippen molar-refractivity contribution in [1.29, 1.82) is 0 Å². The van der Waals surface area contributed by atoms with Crippen LogP contribution in [-0.4, -0.2) is 6.47 Å². The van der Waals surface area contributed by atoms with Crippen molar-refractivity contribution >= 4 is 17.4 Å². The molecule has 0 saturated carbocycles. The van der Waals surface area contributed by atoms with Gasteiger partial charge in [0, 0.05) is 10.9 Å². The van der Waals surface area contributed by atoms with Crippen molar-refractivity contribution < 1.29 is 18.3 Å². The third-order valence-corrected chi connectivity index (χ3v) is 1.90. The molecule has 14 heavy (non-hydrogen) atoms. The molecule has 4 heteroatoms. The lowest BCUT2D eigenvalue weighted by Gasteiger charge is -1.94. The van der Waals surface area contributed by atoms with Crippen LogP contribution in [0.4, 0.5) is 4.39 Å². The summed E-state index contributed by atoms with van der Waals surface area (Å²) in [6, 6.07) is 4.17. The Labute approximate surface area is 79.1 Å². The number of hydrogen-bond donors (Lipinski definition) is 0. The van der Waals surface area contributed by atoms with Gasteiger partial charge in [0.1, 0.15) is 18.0 Å². The second-order valence-corrected chi connectivity index (χ2v) is 2.77. The van der Waals surface area contributed by atoms with Crippen molar-refractivity contribution in [2.24, 2.45) is 0 Å². The molecule has 0 spiro atoms. The van der Waals surface area contributed by atoms with E-state index in [1.54, 1.807) is 0 Å². The zero-order chi connectivity index (χ0) is 9.97. The van der Waals surface area contributed by atoms with E-state index in [4.69, 9.17) is 4.42 Å². The fraction of sp³-hybridized carbons (Fsp3) is 0.100. The van der Waals surface area contributed by atoms with Gasteiger partial charge >= 0.3 is 6.47 Å². The van der Waals surface area contributed by atoms with Crippen molar-refractivity contribution in [1.82, 2.24) is 0 Å². The maximum atomic E-state index is 12.9. The van der Waals surface area contributed by atoms with E-state index < -0.39 is 0 Å². The fourth-order valence-corrected chi connectivity index (χ4v) is 1.27. The van der Waals surface area contributed by atoms with E-state index >= 15 is 0 Å². The smallest absolute Gasteiger partial charge is 0.417 e. The summed E-state index contributed by atoms with van der Waals surface area (Å²) in [4.78, 5) is 9.85. The normalized spacial score (nSPS) is 10.4. The minimum absolute atomic E-state index is 0.0416. The highest BCUT2D eigenvalue weighted by Crippen LogP contribution is 2.22. The summed E-state index contributed by atoms with van der Waals surface area (Å²) in [6.07, 6.45) is 1.43. The molecule has 3 nitrogen and oxygen atoms in total. The van der Waals surface area contributed by atoms with Crippen molar-refractivity contribution in [2.75, 3.05) is 0 Å². The molecular weight excluding hydrogens is 187 g/mol. The summed E-state index contributed by atoms with van der Waals surface area (Å²) in [5.74, 6) is -0.352. The molecule has 0 N–H and O–H groups in total. The summed E-state index contributed by atoms with van der Waals surface area (Å²) in [7, 11) is 0. The summed E-state index contributed by atoms with van der Waals surface area (Å²) in [5, 5.41) is 0.611. The quantitative estimate of drug-likeness (QED) is 0.749. The lowest BCUT2D eigenvalue weighted by molar-refractivity contribution is 0.267. The van der Waals surface area contributed by atoms with E-state index in [9.17, 15) is 9.18 Å². The van der Waals surface area contributed by atoms with Crippen LogP contribution in [0, 0.1) is 5.82 Å². The van der Waals surface area contributed by atoms with Crippen LogP contribution in [0.25, 0.3) is 11.0 Å². The van der Waals surface area contributed by atoms with E-state index in [0.29, 0.717) is 16.5 Å². The summed E-state index contributed by atoms with van der Waals surface area (Å²) in [5.41, 5.74) is 1.19. The maximum absolute atomic E-state index is 12.9. The third kappa shape index (κ3) is 1.46. The molecule has 1 radical (unpaired) electrons. The molecule has 1 aromatic heterocycles. The molecule has 0 aliphatic rings. The van der Waals surface area contributed by atoms with Crippen LogP contribution in [-0.2, 0) is 16.1 Å². The monoisotopic (exact) mass is 193 g/mol. The van der Waals surface area contributed by atoms with Gasteiger partial charge in [0.2, 0.25) is 0 Å². The largest absolute Gasteiger partial charge is 0.464 e. The van der Waals surface area contributed by atoms with Gasteiger partial charge in [0.05, 0.1) is 6.26 Å². The third-order valence-electron chi connectivity index (χ3n) is 1.90. The average molecular weight is 193 g/mol. The molecule has 71 valence electrons. The Morgan fingerprint density at radius 3 is 3.14 bits per heavy atom. The number of ether oxygens (including phenoxy) is 1. The summed E-state index contributed by atoms with van der Waals surface area (Å²) >= 11 is 0. The van der Waals surface area contributed by atoms with Gasteiger partial charge in [-0.15, -0.1) is 0 Å². The Kier molecular flexibility index (Phi) is 2.18. The molecule has 1 aromatic carbocycles. The Hall–Kier alpha value is -1.84. The van der Waals surface area contributed by atoms with E-state index in [-0.39, 0.29) is 12.4 Å². The van der Waals surface area contributed by atoms with Gasteiger partial charge in [-0.3, -0.25) is 0 Å². The number of halogens is 1. The van der Waals surface area contributed by atoms with Crippen molar-refractivity contribution in [2.45, 2.75) is 6.61 Å². The van der Waals surface area contributed by atoms with Crippen LogP contribution < -0.4 is 0 Å². The first-order chi connectivity index (χ1) is 6.81. The van der Waals surface area contributed by atoms with Gasteiger partial charge in [-0.25, -0.2) is 9.18 Å². The molecule has 2 aromatic rings. The summed E-state index contributed by atoms with van der Waals surface area (Å²) in [6.45, 7) is 1.34. The van der Waals surface area contributed by atoms with Crippen molar-refractivity contribution in [3.63, 3.8) is 0 Å². The molecule has 0 aliphatic carbocycles. The minimum Gasteiger partial charge on any atom is -0.464 e. The Bertz CT molecular complexity index is 461. The van der Waals surface area contributed by atoms with Crippen LogP contribution in [0.15, 0.2) is 28.9 Å². The van der Waals surface area contributed by atoms with Crippen LogP contribution in [0.2, 0.25) is 0 Å². The van der Waals surface area contributed by atoms with Gasteiger partial charge in [-0.05, 0) is 18.2 Å². The zero-order valence-electron chi connectivity index (χ0n) is 7.12. The average Bonchev–Trinajstić information content (AvgIpc) is 2.57. The second kappa shape index (κ2) is 3.49. The van der Waals surface area contributed by atoms with Gasteiger partial charge < -0.3 is 9.15 Å². The molecule has 0 unspecified atom stereocenters. The number of fused-ring (bicyclic) bond motifs is 1. The lowest BCUT2D eigenvalue weighted by Crippen LogP contribution is -1.88. The Balaban J connectivity index is 2.44. The van der Waals surface area contributed by atoms with E-state index in [0.717, 1.165) is 0 Å². The maximum Gasteiger partial charge on any atom is 0.417 e. The Morgan fingerprint density at radius 1 is 1.50 bits per heavy atom. The topological polar surface area (TPSA) is 39.4 Å². The standard InChI is InChI=1S/C10H6FO3/c11-8-1-2-10-9(3-8)7(5-14-10)4-13-6-12/h1-3,5H,4H2. The van der Waals surface area contributed by atoms with Crippen molar-refractivity contribution in [3.8, 4) is 0 Å². The van der Waals surface area contributed by atoms with Crippen LogP contribution in [0.5, 0.6) is 0 Å². The van der Waals surface area contributed by atoms with E-state index in [1.807, 2.05) is 0 Å². The van der Waals surface area contributed by atoms with Crippen LogP contribution in [0.3, 0.4) is 0 Å². The molecule has 0 aliphatic heterocycles. The number of rotatable bonds is 3. The molecule has 0 saturated heterocycles. The molecule has 1 heterocycles. The van der Waals surface area contributed by atoms with Gasteiger partial charge in [-0.1, -0.05) is 0 Å². The number of benzene rings is 1. The molecule has 0 fully saturated rings. The van der Waals surface area contributed by atoms with E-state index in [1.165, 1.54) is 30.9 Å². The predicted octanol–water partition coefficient (Wildman–Crippen LogP) is 2.16. The molecule has 0 amide bonds. The predicted molar refractivity (Wildman–Crippen MR) is 46.7 cm³/mol. The van der Waals surface area contributed by atoms with Gasteiger partial charge in [-0.2, -0.15) is 0 Å². The molecule has 0 bridgehead atoms. The SMILES string of the molecule is O=[C]OCc1coc2ccc(F)cc12. The highest BCUT2D eigenvalue weighted by Gasteiger charge is 2.06. The number of hydrogen-bond acceptors (Lipinski definition) is 3. The minimum atomic E-state index is -0.352. The lowest BCUT2D eigenvalue weighted by atomic mass is 10.2. The molecular formula is C10H6FO3. The number of furan rings is 1. The Morgan fingerprint density at radius 2 is 2.36 bits per heavy atom. The first kappa shape index (κ1) is 8.74.